The molecule has 128 valence electrons. The predicted molar refractivity (Wildman–Crippen MR) is 99.1 cm³/mol. The Balaban J connectivity index is 1.79. The lowest BCUT2D eigenvalue weighted by Gasteiger charge is -2.42. The minimum atomic E-state index is -0.499. The number of amidine groups is 1. The van der Waals surface area contributed by atoms with Crippen molar-refractivity contribution in [2.75, 3.05) is 11.1 Å². The van der Waals surface area contributed by atoms with E-state index in [-0.39, 0.29) is 12.1 Å². The van der Waals surface area contributed by atoms with E-state index in [1.165, 1.54) is 11.8 Å². The molecule has 0 radical (unpaired) electrons. The van der Waals surface area contributed by atoms with Crippen molar-refractivity contribution in [3.05, 3.63) is 66.1 Å². The zero-order valence-electron chi connectivity index (χ0n) is 13.7. The van der Waals surface area contributed by atoms with Gasteiger partial charge in [0.25, 0.3) is 5.91 Å². The molecule has 2 aliphatic rings. The third kappa shape index (κ3) is 2.80. The van der Waals surface area contributed by atoms with Gasteiger partial charge in [-0.25, -0.2) is 5.01 Å². The molecule has 1 amide bonds. The molecule has 3 heterocycles. The van der Waals surface area contributed by atoms with Crippen LogP contribution in [-0.2, 0) is 4.79 Å². The fraction of sp³-hybridized carbons (Fsp3) is 0.222. The highest BCUT2D eigenvalue weighted by Gasteiger charge is 2.42. The number of anilines is 1. The summed E-state index contributed by atoms with van der Waals surface area (Å²) in [6.07, 6.45) is 1.43. The van der Waals surface area contributed by atoms with Crippen molar-refractivity contribution in [3.8, 4) is 0 Å². The first-order valence-electron chi connectivity index (χ1n) is 8.00. The smallest absolute Gasteiger partial charge is 0.255 e. The molecule has 0 fully saturated rings. The molecule has 2 N–H and O–H groups in total. The van der Waals surface area contributed by atoms with Gasteiger partial charge in [0.05, 0.1) is 0 Å². The number of furan rings is 1. The molecule has 2 atom stereocenters. The van der Waals surface area contributed by atoms with Crippen LogP contribution in [0, 0.1) is 6.92 Å². The van der Waals surface area contributed by atoms with Crippen LogP contribution in [0.15, 0.2) is 58.6 Å². The summed E-state index contributed by atoms with van der Waals surface area (Å²) in [4.78, 5) is 12.8. The molecular weight excluding hydrogens is 336 g/mol. The summed E-state index contributed by atoms with van der Waals surface area (Å²) in [7, 11) is 0. The summed E-state index contributed by atoms with van der Waals surface area (Å²) in [6.45, 7) is 5.61. The molecule has 0 spiro atoms. The number of nitrogens with one attached hydrogen (secondary N) is 2. The van der Waals surface area contributed by atoms with E-state index in [0.717, 1.165) is 22.8 Å². The first-order valence-corrected chi connectivity index (χ1v) is 8.99. The van der Waals surface area contributed by atoms with Gasteiger partial charge in [-0.15, -0.1) is 11.7 Å². The summed E-state index contributed by atoms with van der Waals surface area (Å²) in [5.41, 5.74) is 1.81. The van der Waals surface area contributed by atoms with Crippen molar-refractivity contribution in [2.45, 2.75) is 19.1 Å². The second-order valence-corrected chi connectivity index (χ2v) is 6.87. The minimum Gasteiger partial charge on any atom is -0.462 e. The zero-order chi connectivity index (χ0) is 17.4. The third-order valence-electron chi connectivity index (χ3n) is 4.13. The Morgan fingerprint density at radius 1 is 1.36 bits per heavy atom. The van der Waals surface area contributed by atoms with Crippen molar-refractivity contribution >= 4 is 28.5 Å². The maximum Gasteiger partial charge on any atom is 0.255 e. The molecule has 7 heteroatoms. The van der Waals surface area contributed by atoms with Crippen molar-refractivity contribution in [3.63, 3.8) is 0 Å². The van der Waals surface area contributed by atoms with Gasteiger partial charge in [-0.05, 0) is 25.1 Å². The Hall–Kier alpha value is -2.67. The second-order valence-electron chi connectivity index (χ2n) is 5.86. The predicted octanol–water partition coefficient (Wildman–Crippen LogP) is 3.38. The number of benzene rings is 1. The number of carbonyl (C=O) groups is 1. The van der Waals surface area contributed by atoms with Crippen LogP contribution in [-0.4, -0.2) is 21.8 Å². The number of hydrazone groups is 1. The summed E-state index contributed by atoms with van der Waals surface area (Å²) in [5, 5.41) is 13.3. The number of carbonyl (C=O) groups excluding carboxylic acids is 1. The number of rotatable bonds is 3. The fourth-order valence-electron chi connectivity index (χ4n) is 3.06. The number of hydrogen-bond donors (Lipinski definition) is 2. The molecule has 1 aromatic heterocycles. The first kappa shape index (κ1) is 15.8. The highest BCUT2D eigenvalue weighted by Crippen LogP contribution is 2.42. The van der Waals surface area contributed by atoms with Gasteiger partial charge in [0.1, 0.15) is 11.5 Å². The van der Waals surface area contributed by atoms with E-state index < -0.39 is 6.04 Å². The van der Waals surface area contributed by atoms with Gasteiger partial charge in [0.2, 0.25) is 0 Å². The Morgan fingerprint density at radius 3 is 2.96 bits per heavy atom. The lowest BCUT2D eigenvalue weighted by atomic mass is 9.99. The van der Waals surface area contributed by atoms with E-state index in [4.69, 9.17) is 4.42 Å². The van der Waals surface area contributed by atoms with Crippen LogP contribution in [0.5, 0.6) is 0 Å². The monoisotopic (exact) mass is 354 g/mol. The van der Waals surface area contributed by atoms with Crippen molar-refractivity contribution in [1.82, 2.24) is 10.3 Å². The number of para-hydroxylation sites is 1. The van der Waals surface area contributed by atoms with Gasteiger partial charge in [-0.1, -0.05) is 36.0 Å². The molecule has 0 aliphatic carbocycles. The molecule has 6 nitrogen and oxygen atoms in total. The Kier molecular flexibility index (Phi) is 4.01. The Labute approximate surface area is 150 Å². The van der Waals surface area contributed by atoms with Crippen LogP contribution < -0.4 is 10.6 Å². The molecule has 0 saturated carbocycles. The number of fused-ring (bicyclic) bond motifs is 3. The lowest BCUT2D eigenvalue weighted by molar-refractivity contribution is -0.127. The fourth-order valence-corrected chi connectivity index (χ4v) is 3.66. The average Bonchev–Trinajstić information content (AvgIpc) is 3.05. The van der Waals surface area contributed by atoms with E-state index >= 15 is 0 Å². The van der Waals surface area contributed by atoms with Gasteiger partial charge >= 0.3 is 0 Å². The van der Waals surface area contributed by atoms with Crippen molar-refractivity contribution in [1.29, 1.82) is 0 Å². The van der Waals surface area contributed by atoms with Gasteiger partial charge < -0.3 is 15.1 Å². The number of nitrogens with zero attached hydrogens (tertiary/aromatic N) is 2. The molecule has 25 heavy (non-hydrogen) atoms. The summed E-state index contributed by atoms with van der Waals surface area (Å²) in [5.74, 6) is 2.12. The van der Waals surface area contributed by atoms with Crippen molar-refractivity contribution < 1.29 is 9.21 Å². The Morgan fingerprint density at radius 2 is 2.20 bits per heavy atom. The van der Waals surface area contributed by atoms with Gasteiger partial charge in [-0.3, -0.25) is 4.79 Å². The molecular formula is C18H18N4O2S. The highest BCUT2D eigenvalue weighted by atomic mass is 32.2. The summed E-state index contributed by atoms with van der Waals surface area (Å²) < 4.78 is 5.81. The quantitative estimate of drug-likeness (QED) is 0.827. The molecule has 0 bridgehead atoms. The first-order chi connectivity index (χ1) is 12.2. The van der Waals surface area contributed by atoms with E-state index in [9.17, 15) is 4.79 Å². The molecule has 0 saturated heterocycles. The largest absolute Gasteiger partial charge is 0.462 e. The molecule has 2 aliphatic heterocycles. The molecule has 2 aromatic rings. The van der Waals surface area contributed by atoms with Crippen LogP contribution in [0.4, 0.5) is 5.69 Å². The van der Waals surface area contributed by atoms with Crippen molar-refractivity contribution in [2.24, 2.45) is 5.10 Å². The van der Waals surface area contributed by atoms with Crippen LogP contribution in [0.1, 0.15) is 29.3 Å². The minimum absolute atomic E-state index is 0.0937. The molecule has 1 aromatic carbocycles. The highest BCUT2D eigenvalue weighted by molar-refractivity contribution is 8.14. The average molecular weight is 354 g/mol. The lowest BCUT2D eigenvalue weighted by Crippen LogP contribution is -2.50. The van der Waals surface area contributed by atoms with Crippen LogP contribution >= 0.6 is 11.8 Å². The van der Waals surface area contributed by atoms with E-state index in [2.05, 4.69) is 22.3 Å². The number of hydrogen-bond acceptors (Lipinski definition) is 6. The maximum atomic E-state index is 12.8. The number of aryl methyl sites for hydroxylation is 1. The number of thioether (sulfide) groups is 1. The zero-order valence-corrected chi connectivity index (χ0v) is 14.5. The standard InChI is InChI=1S/C18H18N4O2S/c1-3-10-25-18-20-17(23)15-12-6-4-5-7-13(12)19-16(22(15)21-18)14-9-8-11(2)24-14/h3-9,15-16,19H,1,10H2,2H3,(H,20,21,23)/t15-,16+/m0/s1. The van der Waals surface area contributed by atoms with Gasteiger partial charge in [0.15, 0.2) is 17.4 Å². The van der Waals surface area contributed by atoms with E-state index in [0.29, 0.717) is 10.9 Å². The summed E-state index contributed by atoms with van der Waals surface area (Å²) in [6, 6.07) is 11.1. The molecule has 4 rings (SSSR count). The second kappa shape index (κ2) is 6.33. The van der Waals surface area contributed by atoms with Crippen LogP contribution in [0.3, 0.4) is 0 Å². The van der Waals surface area contributed by atoms with Gasteiger partial charge in [-0.2, -0.15) is 0 Å². The van der Waals surface area contributed by atoms with Crippen LogP contribution in [0.2, 0.25) is 0 Å². The van der Waals surface area contributed by atoms with E-state index in [1.54, 1.807) is 11.1 Å². The Bertz CT molecular complexity index is 860. The third-order valence-corrected chi connectivity index (χ3v) is 4.99. The van der Waals surface area contributed by atoms with Crippen LogP contribution in [0.25, 0.3) is 0 Å². The van der Waals surface area contributed by atoms with E-state index in [1.807, 2.05) is 43.3 Å². The van der Waals surface area contributed by atoms with Gasteiger partial charge in [0, 0.05) is 17.0 Å². The maximum absolute atomic E-state index is 12.8. The summed E-state index contributed by atoms with van der Waals surface area (Å²) >= 11 is 1.44. The normalized spacial score (nSPS) is 21.6. The SMILES string of the molecule is C=CCSC1=NN2[C@H](C(=O)N1)c1ccccc1N[C@H]2c1ccc(C)o1. The number of amides is 1. The molecule has 0 unspecified atom stereocenters. The topological polar surface area (TPSA) is 69.9 Å².